The van der Waals surface area contributed by atoms with Crippen molar-refractivity contribution < 1.29 is 17.2 Å². The number of fused-ring (bicyclic) bond motifs is 1. The summed E-state index contributed by atoms with van der Waals surface area (Å²) in [6.45, 7) is 5.32. The molecule has 12 heteroatoms. The van der Waals surface area contributed by atoms with Crippen molar-refractivity contribution in [1.82, 2.24) is 19.5 Å². The molecule has 0 saturated heterocycles. The lowest BCUT2D eigenvalue weighted by molar-refractivity contribution is 0.223. The van der Waals surface area contributed by atoms with Crippen LogP contribution in [-0.2, 0) is 10.0 Å². The SMILES string of the molecule is Cc1ccc(F)c(C(C)C(c2n[nH]c(=O)o2)N2CN(C3CCCCC3)c3nc(Cl)ccc3S2(=O)=O)c1C. The van der Waals surface area contributed by atoms with E-state index in [4.69, 9.17) is 16.0 Å². The second kappa shape index (κ2) is 9.85. The van der Waals surface area contributed by atoms with Gasteiger partial charge in [-0.1, -0.05) is 43.9 Å². The Kier molecular flexibility index (Phi) is 6.88. The van der Waals surface area contributed by atoms with Gasteiger partial charge in [-0.3, -0.25) is 0 Å². The maximum atomic E-state index is 15.2. The first kappa shape index (κ1) is 25.9. The molecule has 37 heavy (non-hydrogen) atoms. The Bertz CT molecular complexity index is 1480. The maximum Gasteiger partial charge on any atom is 0.434 e. The highest BCUT2D eigenvalue weighted by Crippen LogP contribution is 2.45. The third kappa shape index (κ3) is 4.57. The van der Waals surface area contributed by atoms with Crippen LogP contribution in [0.1, 0.15) is 73.6 Å². The summed E-state index contributed by atoms with van der Waals surface area (Å²) in [5, 5.41) is 6.44. The summed E-state index contributed by atoms with van der Waals surface area (Å²) in [5.74, 6) is -1.85. The Morgan fingerprint density at radius 3 is 2.57 bits per heavy atom. The van der Waals surface area contributed by atoms with Crippen LogP contribution < -0.4 is 10.7 Å². The minimum atomic E-state index is -4.17. The predicted molar refractivity (Wildman–Crippen MR) is 137 cm³/mol. The molecule has 2 unspecified atom stereocenters. The number of aromatic nitrogens is 3. The van der Waals surface area contributed by atoms with Gasteiger partial charge in [-0.2, -0.15) is 4.31 Å². The third-order valence-corrected chi connectivity index (χ3v) is 9.70. The molecule has 0 amide bonds. The van der Waals surface area contributed by atoms with Gasteiger partial charge in [-0.15, -0.1) is 5.10 Å². The average Bonchev–Trinajstić information content (AvgIpc) is 3.29. The fourth-order valence-electron chi connectivity index (χ4n) is 5.63. The Labute approximate surface area is 219 Å². The zero-order valence-electron chi connectivity index (χ0n) is 20.9. The monoisotopic (exact) mass is 549 g/mol. The largest absolute Gasteiger partial charge is 0.434 e. The van der Waals surface area contributed by atoms with Crippen LogP contribution >= 0.6 is 11.6 Å². The van der Waals surface area contributed by atoms with Crippen molar-refractivity contribution in [2.45, 2.75) is 75.8 Å². The summed E-state index contributed by atoms with van der Waals surface area (Å²) in [7, 11) is -4.17. The van der Waals surface area contributed by atoms with Gasteiger partial charge in [-0.25, -0.2) is 27.7 Å². The molecule has 1 N–H and O–H groups in total. The maximum absolute atomic E-state index is 15.2. The quantitative estimate of drug-likeness (QED) is 0.454. The number of H-pyrrole nitrogens is 1. The number of aryl methyl sites for hydroxylation is 1. The number of rotatable bonds is 5. The van der Waals surface area contributed by atoms with Crippen LogP contribution in [-0.4, -0.2) is 40.6 Å². The van der Waals surface area contributed by atoms with E-state index < -0.39 is 33.6 Å². The number of benzene rings is 1. The predicted octanol–water partition coefficient (Wildman–Crippen LogP) is 4.81. The summed E-state index contributed by atoms with van der Waals surface area (Å²) < 4.78 is 50.0. The molecule has 198 valence electrons. The number of sulfonamides is 1. The molecule has 9 nitrogen and oxygen atoms in total. The number of pyridine rings is 1. The summed E-state index contributed by atoms with van der Waals surface area (Å²) in [4.78, 5) is 18.3. The van der Waals surface area contributed by atoms with Crippen molar-refractivity contribution in [2.24, 2.45) is 0 Å². The normalized spacial score (nSPS) is 20.0. The first-order valence-electron chi connectivity index (χ1n) is 12.4. The van der Waals surface area contributed by atoms with Gasteiger partial charge in [0.15, 0.2) is 5.82 Å². The van der Waals surface area contributed by atoms with E-state index in [1.807, 2.05) is 11.8 Å². The molecule has 3 heterocycles. The number of nitrogens with zero attached hydrogens (tertiary/aromatic N) is 4. The van der Waals surface area contributed by atoms with Crippen LogP contribution in [0.25, 0.3) is 0 Å². The summed E-state index contributed by atoms with van der Waals surface area (Å²) >= 11 is 6.20. The molecule has 2 atom stereocenters. The van der Waals surface area contributed by atoms with E-state index in [0.717, 1.165) is 37.7 Å². The van der Waals surface area contributed by atoms with Crippen LogP contribution in [0.3, 0.4) is 0 Å². The van der Waals surface area contributed by atoms with Crippen molar-refractivity contribution in [3.05, 3.63) is 68.4 Å². The van der Waals surface area contributed by atoms with Crippen LogP contribution in [0, 0.1) is 19.7 Å². The van der Waals surface area contributed by atoms with Crippen LogP contribution in [0.4, 0.5) is 10.2 Å². The number of hydrogen-bond acceptors (Lipinski definition) is 7. The average molecular weight is 550 g/mol. The molecule has 1 saturated carbocycles. The minimum absolute atomic E-state index is 0.00485. The zero-order valence-corrected chi connectivity index (χ0v) is 22.4. The van der Waals surface area contributed by atoms with E-state index in [0.29, 0.717) is 16.9 Å². The lowest BCUT2D eigenvalue weighted by atomic mass is 9.87. The lowest BCUT2D eigenvalue weighted by Gasteiger charge is -2.45. The Hall–Kier alpha value is -2.76. The van der Waals surface area contributed by atoms with Crippen molar-refractivity contribution in [3.63, 3.8) is 0 Å². The fourth-order valence-corrected chi connectivity index (χ4v) is 7.51. The molecule has 1 aromatic carbocycles. The first-order valence-corrected chi connectivity index (χ1v) is 14.2. The van der Waals surface area contributed by atoms with Gasteiger partial charge < -0.3 is 9.32 Å². The van der Waals surface area contributed by atoms with Gasteiger partial charge in [0.2, 0.25) is 15.9 Å². The van der Waals surface area contributed by atoms with Crippen molar-refractivity contribution >= 4 is 27.4 Å². The van der Waals surface area contributed by atoms with Gasteiger partial charge in [0.25, 0.3) is 0 Å². The van der Waals surface area contributed by atoms with Crippen molar-refractivity contribution in [3.8, 4) is 0 Å². The molecule has 5 rings (SSSR count). The zero-order chi connectivity index (χ0) is 26.5. The highest BCUT2D eigenvalue weighted by atomic mass is 35.5. The van der Waals surface area contributed by atoms with Gasteiger partial charge in [0, 0.05) is 12.0 Å². The highest BCUT2D eigenvalue weighted by molar-refractivity contribution is 7.89. The lowest BCUT2D eigenvalue weighted by Crippen LogP contribution is -2.53. The van der Waals surface area contributed by atoms with E-state index in [9.17, 15) is 13.2 Å². The molecule has 1 aliphatic heterocycles. The molecule has 3 aromatic rings. The smallest absolute Gasteiger partial charge is 0.391 e. The molecule has 0 radical (unpaired) electrons. The van der Waals surface area contributed by atoms with Crippen molar-refractivity contribution in [1.29, 1.82) is 0 Å². The first-order chi connectivity index (χ1) is 17.6. The number of hydrogen-bond donors (Lipinski definition) is 1. The molecule has 2 aromatic heterocycles. The number of aromatic amines is 1. The molecular weight excluding hydrogens is 521 g/mol. The number of nitrogens with one attached hydrogen (secondary N) is 1. The van der Waals surface area contributed by atoms with Gasteiger partial charge in [0.05, 0.1) is 6.67 Å². The topological polar surface area (TPSA) is 112 Å². The van der Waals surface area contributed by atoms with Crippen LogP contribution in [0.5, 0.6) is 0 Å². The van der Waals surface area contributed by atoms with Gasteiger partial charge in [0.1, 0.15) is 21.9 Å². The van der Waals surface area contributed by atoms with Crippen LogP contribution in [0.15, 0.2) is 38.4 Å². The second-order valence-corrected chi connectivity index (χ2v) is 12.1. The highest BCUT2D eigenvalue weighted by Gasteiger charge is 2.47. The van der Waals surface area contributed by atoms with Gasteiger partial charge >= 0.3 is 5.76 Å². The number of anilines is 1. The Balaban J connectivity index is 1.70. The summed E-state index contributed by atoms with van der Waals surface area (Å²) in [6.07, 6.45) is 4.92. The summed E-state index contributed by atoms with van der Waals surface area (Å²) in [6, 6.07) is 4.89. The van der Waals surface area contributed by atoms with E-state index in [-0.39, 0.29) is 28.6 Å². The second-order valence-electron chi connectivity index (χ2n) is 9.84. The molecule has 0 spiro atoms. The molecule has 1 aliphatic carbocycles. The molecule has 1 fully saturated rings. The van der Waals surface area contributed by atoms with E-state index in [1.165, 1.54) is 22.5 Å². The molecule has 0 bridgehead atoms. The van der Waals surface area contributed by atoms with Crippen molar-refractivity contribution in [2.75, 3.05) is 11.6 Å². The Morgan fingerprint density at radius 1 is 1.16 bits per heavy atom. The molecule has 2 aliphatic rings. The van der Waals surface area contributed by atoms with E-state index >= 15 is 4.39 Å². The van der Waals surface area contributed by atoms with E-state index in [1.54, 1.807) is 19.9 Å². The third-order valence-electron chi connectivity index (χ3n) is 7.65. The fraction of sp³-hybridized carbons (Fsp3) is 0.480. The van der Waals surface area contributed by atoms with Crippen LogP contribution in [0.2, 0.25) is 5.15 Å². The minimum Gasteiger partial charge on any atom is -0.391 e. The number of halogens is 2. The Morgan fingerprint density at radius 2 is 1.89 bits per heavy atom. The molecular formula is C25H29ClFN5O4S. The standard InChI is InChI=1S/C25H29ClFN5O4S/c1-14-9-10-18(27)21(15(14)2)16(3)22(24-29-30-25(33)36-24)32-13-31(17-7-5-4-6-8-17)23-19(37(32,34)35)11-12-20(26)28-23/h9-12,16-17,22H,4-8,13H2,1-3H3,(H,30,33). The summed E-state index contributed by atoms with van der Waals surface area (Å²) in [5.41, 5.74) is 1.90. The van der Waals surface area contributed by atoms with E-state index in [2.05, 4.69) is 15.2 Å². The van der Waals surface area contributed by atoms with Gasteiger partial charge in [-0.05, 0) is 61.6 Å².